The second-order valence-corrected chi connectivity index (χ2v) is 15.6. The van der Waals surface area contributed by atoms with E-state index in [4.69, 9.17) is 21.5 Å². The molecule has 5 aromatic heterocycles. The molecule has 0 radical (unpaired) electrons. The Morgan fingerprint density at radius 1 is 0.484 bits per heavy atom. The highest BCUT2D eigenvalue weighted by Crippen LogP contribution is 2.43. The van der Waals surface area contributed by atoms with Crippen molar-refractivity contribution in [3.8, 4) is 62.2 Å². The van der Waals surface area contributed by atoms with Crippen LogP contribution in [0.25, 0.3) is 105 Å². The Bertz CT molecular complexity index is 3480. The van der Waals surface area contributed by atoms with E-state index in [1.54, 1.807) is 6.08 Å². The Labute approximate surface area is 370 Å². The summed E-state index contributed by atoms with van der Waals surface area (Å²) in [4.78, 5) is 14.8. The molecule has 0 atom stereocenters. The summed E-state index contributed by atoms with van der Waals surface area (Å²) in [5.74, 6) is 0. The van der Waals surface area contributed by atoms with E-state index in [9.17, 15) is 5.26 Å². The van der Waals surface area contributed by atoms with E-state index in [0.717, 1.165) is 111 Å². The maximum atomic E-state index is 9.35. The van der Waals surface area contributed by atoms with Crippen molar-refractivity contribution in [3.63, 3.8) is 0 Å². The van der Waals surface area contributed by atoms with Gasteiger partial charge in [-0.25, -0.2) is 0 Å². The molecule has 0 spiro atoms. The molecule has 6 aromatic carbocycles. The minimum atomic E-state index is 0.761. The number of nitriles is 1. The Morgan fingerprint density at radius 2 is 0.953 bits per heavy atom. The third kappa shape index (κ3) is 6.48. The lowest BCUT2D eigenvalue weighted by molar-refractivity contribution is 1.08. The summed E-state index contributed by atoms with van der Waals surface area (Å²) in [5.41, 5.74) is 15.7. The predicted octanol–water partition coefficient (Wildman–Crippen LogP) is 14.4. The van der Waals surface area contributed by atoms with Gasteiger partial charge in [-0.1, -0.05) is 158 Å². The zero-order valence-corrected chi connectivity index (χ0v) is 34.7. The fourth-order valence-corrected chi connectivity index (χ4v) is 9.18. The van der Waals surface area contributed by atoms with Crippen LogP contribution in [0.15, 0.2) is 226 Å². The lowest BCUT2D eigenvalue weighted by Crippen LogP contribution is -2.06. The zero-order valence-electron chi connectivity index (χ0n) is 34.7. The maximum absolute atomic E-state index is 9.35. The first kappa shape index (κ1) is 38.0. The van der Waals surface area contributed by atoms with Crippen molar-refractivity contribution in [2.24, 2.45) is 0 Å². The van der Waals surface area contributed by atoms with Crippen LogP contribution in [0, 0.1) is 11.3 Å². The van der Waals surface area contributed by atoms with Crippen LogP contribution in [0.2, 0.25) is 0 Å². The largest absolute Gasteiger partial charge is 0.307 e. The number of rotatable bonds is 9. The van der Waals surface area contributed by atoms with Crippen LogP contribution in [0.5, 0.6) is 0 Å². The molecule has 0 N–H and O–H groups in total. The van der Waals surface area contributed by atoms with Gasteiger partial charge in [0.2, 0.25) is 0 Å². The summed E-state index contributed by atoms with van der Waals surface area (Å²) < 4.78 is 4.65. The number of aromatic nitrogens is 5. The van der Waals surface area contributed by atoms with Crippen LogP contribution >= 0.6 is 0 Å². The third-order valence-electron chi connectivity index (χ3n) is 12.0. The van der Waals surface area contributed by atoms with Crippen LogP contribution in [0.3, 0.4) is 0 Å². The molecule has 0 amide bonds. The number of hydrogen-bond acceptors (Lipinski definition) is 4. The molecule has 0 aliphatic heterocycles. The molecule has 0 saturated carbocycles. The van der Waals surface area contributed by atoms with Crippen molar-refractivity contribution in [1.82, 2.24) is 24.1 Å². The van der Waals surface area contributed by atoms with E-state index in [-0.39, 0.29) is 0 Å². The Hall–Kier alpha value is -8.92. The fourth-order valence-electron chi connectivity index (χ4n) is 9.18. The molecular formula is C58H38N6. The molecule has 64 heavy (non-hydrogen) atoms. The molecule has 0 aliphatic rings. The van der Waals surface area contributed by atoms with Gasteiger partial charge in [0.15, 0.2) is 0 Å². The van der Waals surface area contributed by atoms with Gasteiger partial charge in [0.25, 0.3) is 0 Å². The number of para-hydroxylation sites is 2. The highest BCUT2D eigenvalue weighted by Gasteiger charge is 2.23. The average Bonchev–Trinajstić information content (AvgIpc) is 3.87. The summed E-state index contributed by atoms with van der Waals surface area (Å²) >= 11 is 0. The minimum absolute atomic E-state index is 0.761. The van der Waals surface area contributed by atoms with Crippen LogP contribution in [-0.2, 0) is 0 Å². The minimum Gasteiger partial charge on any atom is -0.307 e. The molecule has 0 fully saturated rings. The smallest absolute Gasteiger partial charge is 0.0912 e. The normalized spacial score (nSPS) is 11.7. The molecule has 5 heterocycles. The van der Waals surface area contributed by atoms with Gasteiger partial charge in [-0.2, -0.15) is 5.26 Å². The molecule has 0 saturated heterocycles. The van der Waals surface area contributed by atoms with Gasteiger partial charge < -0.3 is 9.13 Å². The van der Waals surface area contributed by atoms with E-state index in [2.05, 4.69) is 137 Å². The Balaban J connectivity index is 1.19. The summed E-state index contributed by atoms with van der Waals surface area (Å²) in [6.07, 6.45) is 14.6. The molecule has 0 bridgehead atoms. The number of fused-ring (bicyclic) bond motifs is 6. The van der Waals surface area contributed by atoms with Crippen molar-refractivity contribution >= 4 is 49.2 Å². The molecule has 6 nitrogen and oxygen atoms in total. The lowest BCUT2D eigenvalue weighted by Gasteiger charge is -2.20. The predicted molar refractivity (Wildman–Crippen MR) is 263 cm³/mol. The standard InChI is InChI=1S/C58H38N6/c1-39(17-5-4-14-32-59)56-54(63-50-26-12-10-22-46(50)48-30-28-42(35-52(48)63)44-24-15-33-61-57(44)40-18-6-2-7-19-40)37-60-38-55(56)64-51-27-13-11-23-47(51)49-31-29-43(36-53(49)64)45-25-16-34-62-58(45)41-20-8-3-9-21-41/h2-31,33-38H,1H2/b14-4-,17-5-. The lowest BCUT2D eigenvalue weighted by atomic mass is 9.98. The van der Waals surface area contributed by atoms with E-state index in [1.165, 1.54) is 6.08 Å². The van der Waals surface area contributed by atoms with E-state index in [1.807, 2.05) is 85.5 Å². The molecule has 11 rings (SSSR count). The Morgan fingerprint density at radius 3 is 1.45 bits per heavy atom. The van der Waals surface area contributed by atoms with Gasteiger partial charge in [-0.15, -0.1) is 0 Å². The van der Waals surface area contributed by atoms with Gasteiger partial charge >= 0.3 is 0 Å². The zero-order chi connectivity index (χ0) is 43.0. The van der Waals surface area contributed by atoms with Crippen LogP contribution in [0.4, 0.5) is 0 Å². The van der Waals surface area contributed by atoms with Gasteiger partial charge in [0.05, 0.1) is 63.3 Å². The van der Waals surface area contributed by atoms with Crippen molar-refractivity contribution in [3.05, 3.63) is 231 Å². The van der Waals surface area contributed by atoms with E-state index < -0.39 is 0 Å². The highest BCUT2D eigenvalue weighted by molar-refractivity contribution is 6.13. The summed E-state index contributed by atoms with van der Waals surface area (Å²) in [5, 5.41) is 13.8. The summed E-state index contributed by atoms with van der Waals surface area (Å²) in [6.45, 7) is 4.73. The molecule has 300 valence electrons. The van der Waals surface area contributed by atoms with Crippen molar-refractivity contribution in [2.75, 3.05) is 0 Å². The fraction of sp³-hybridized carbons (Fsp3) is 0. The first-order chi connectivity index (χ1) is 31.7. The van der Waals surface area contributed by atoms with Crippen molar-refractivity contribution in [2.45, 2.75) is 0 Å². The van der Waals surface area contributed by atoms with Crippen molar-refractivity contribution in [1.29, 1.82) is 5.26 Å². The maximum Gasteiger partial charge on any atom is 0.0912 e. The van der Waals surface area contributed by atoms with Crippen LogP contribution in [-0.4, -0.2) is 24.1 Å². The van der Waals surface area contributed by atoms with Crippen LogP contribution < -0.4 is 0 Å². The topological polar surface area (TPSA) is 72.3 Å². The molecule has 6 heteroatoms. The van der Waals surface area contributed by atoms with E-state index >= 15 is 0 Å². The van der Waals surface area contributed by atoms with Gasteiger partial charge in [-0.3, -0.25) is 15.0 Å². The quantitative estimate of drug-likeness (QED) is 0.107. The molecular weight excluding hydrogens is 781 g/mol. The molecule has 11 aromatic rings. The van der Waals surface area contributed by atoms with Gasteiger partial charge in [-0.05, 0) is 53.1 Å². The first-order valence-corrected chi connectivity index (χ1v) is 21.2. The monoisotopic (exact) mass is 818 g/mol. The first-order valence-electron chi connectivity index (χ1n) is 21.2. The average molecular weight is 819 g/mol. The number of nitrogens with zero attached hydrogens (tertiary/aromatic N) is 6. The second-order valence-electron chi connectivity index (χ2n) is 15.6. The molecule has 0 aliphatic carbocycles. The summed E-state index contributed by atoms with van der Waals surface area (Å²) in [6, 6.07) is 61.5. The van der Waals surface area contributed by atoms with Crippen LogP contribution in [0.1, 0.15) is 5.56 Å². The summed E-state index contributed by atoms with van der Waals surface area (Å²) in [7, 11) is 0. The third-order valence-corrected chi connectivity index (χ3v) is 12.0. The number of benzene rings is 6. The number of allylic oxidation sites excluding steroid dienone is 5. The van der Waals surface area contributed by atoms with Gasteiger partial charge in [0, 0.05) is 67.8 Å². The second kappa shape index (κ2) is 16.2. The Kier molecular flexibility index (Phi) is 9.61. The SMILES string of the molecule is C=C(/C=C\C=C/C#N)c1c(-n2c3ccccc3c3ccc(-c4cccnc4-c4ccccc4)cc32)cncc1-n1c2ccccc2c2ccc(-c3cccnc3-c3ccccc3)cc21. The highest BCUT2D eigenvalue weighted by atomic mass is 15.0. The van der Waals surface area contributed by atoms with Crippen molar-refractivity contribution < 1.29 is 0 Å². The van der Waals surface area contributed by atoms with Gasteiger partial charge in [0.1, 0.15) is 0 Å². The molecule has 0 unspecified atom stereocenters. The number of pyridine rings is 3. The number of hydrogen-bond donors (Lipinski definition) is 0. The van der Waals surface area contributed by atoms with E-state index in [0.29, 0.717) is 0 Å².